The highest BCUT2D eigenvalue weighted by Crippen LogP contribution is 2.01. The Morgan fingerprint density at radius 2 is 1.80 bits per heavy atom. The first-order valence-electron chi connectivity index (χ1n) is 3.35. The summed E-state index contributed by atoms with van der Waals surface area (Å²) in [5.74, 6) is 0. The van der Waals surface area contributed by atoms with Crippen molar-refractivity contribution in [3.05, 3.63) is 0 Å². The van der Waals surface area contributed by atoms with E-state index in [0.717, 1.165) is 6.61 Å². The molecule has 1 heterocycles. The Hall–Kier alpha value is 0.122. The van der Waals surface area contributed by atoms with Gasteiger partial charge in [0, 0.05) is 6.61 Å². The molecule has 1 aliphatic rings. The van der Waals surface area contributed by atoms with E-state index in [1.807, 2.05) is 0 Å². The predicted molar refractivity (Wildman–Crippen MR) is 40.9 cm³/mol. The standard InChI is InChI=1S/C4H10OSi.BH3O3/c1-2-4-6-5-3-1;2-1(3)4/h1-4,6H2;2-4H. The monoisotopic (exact) mass is 164 g/mol. The molecule has 1 fully saturated rings. The number of rotatable bonds is 0. The Morgan fingerprint density at radius 3 is 1.90 bits per heavy atom. The molecule has 0 bridgehead atoms. The van der Waals surface area contributed by atoms with Crippen LogP contribution < -0.4 is 0 Å². The third-order valence-electron chi connectivity index (χ3n) is 1.08. The SMILES string of the molecule is C1CC[SiH2]OC1.OB(O)O. The van der Waals surface area contributed by atoms with Gasteiger partial charge in [-0.15, -0.1) is 0 Å². The van der Waals surface area contributed by atoms with E-state index >= 15 is 0 Å². The highest BCUT2D eigenvalue weighted by atomic mass is 28.2. The minimum Gasteiger partial charge on any atom is -0.424 e. The van der Waals surface area contributed by atoms with E-state index in [1.54, 1.807) is 0 Å². The maximum absolute atomic E-state index is 7.17. The summed E-state index contributed by atoms with van der Waals surface area (Å²) in [4.78, 5) is 0. The van der Waals surface area contributed by atoms with Crippen molar-refractivity contribution in [2.75, 3.05) is 6.61 Å². The van der Waals surface area contributed by atoms with Crippen molar-refractivity contribution in [3.8, 4) is 0 Å². The minimum atomic E-state index is -2.17. The molecule has 60 valence electrons. The molecule has 0 aromatic carbocycles. The first-order valence-corrected chi connectivity index (χ1v) is 4.93. The van der Waals surface area contributed by atoms with Gasteiger partial charge in [-0.3, -0.25) is 0 Å². The first kappa shape index (κ1) is 10.1. The van der Waals surface area contributed by atoms with Crippen LogP contribution in [0.2, 0.25) is 6.04 Å². The van der Waals surface area contributed by atoms with Crippen molar-refractivity contribution in [1.82, 2.24) is 0 Å². The van der Waals surface area contributed by atoms with Crippen LogP contribution in [0.25, 0.3) is 0 Å². The van der Waals surface area contributed by atoms with Gasteiger partial charge >= 0.3 is 7.32 Å². The Labute approximate surface area is 63.0 Å². The fraction of sp³-hybridized carbons (Fsp3) is 1.00. The van der Waals surface area contributed by atoms with Crippen LogP contribution in [0.15, 0.2) is 0 Å². The van der Waals surface area contributed by atoms with Crippen LogP contribution in [0.3, 0.4) is 0 Å². The van der Waals surface area contributed by atoms with E-state index in [4.69, 9.17) is 19.5 Å². The van der Waals surface area contributed by atoms with E-state index in [2.05, 4.69) is 0 Å². The number of hydrogen-bond acceptors (Lipinski definition) is 4. The molecule has 1 rings (SSSR count). The molecule has 1 aliphatic heterocycles. The van der Waals surface area contributed by atoms with Gasteiger partial charge in [0.2, 0.25) is 0 Å². The summed E-state index contributed by atoms with van der Waals surface area (Å²) in [6.45, 7) is 1.06. The molecular weight excluding hydrogens is 151 g/mol. The zero-order chi connectivity index (χ0) is 7.82. The van der Waals surface area contributed by atoms with Crippen LogP contribution in [0.4, 0.5) is 0 Å². The summed E-state index contributed by atoms with van der Waals surface area (Å²) in [6, 6.07) is 1.42. The molecule has 0 radical (unpaired) electrons. The Balaban J connectivity index is 0.000000180. The van der Waals surface area contributed by atoms with Crippen molar-refractivity contribution in [1.29, 1.82) is 0 Å². The second-order valence-corrected chi connectivity index (χ2v) is 3.54. The Kier molecular flexibility index (Phi) is 7.32. The van der Waals surface area contributed by atoms with Gasteiger partial charge in [-0.25, -0.2) is 0 Å². The van der Waals surface area contributed by atoms with Gasteiger partial charge in [0.1, 0.15) is 0 Å². The van der Waals surface area contributed by atoms with Crippen LogP contribution in [0.5, 0.6) is 0 Å². The van der Waals surface area contributed by atoms with E-state index in [0.29, 0.717) is 0 Å². The van der Waals surface area contributed by atoms with Crippen molar-refractivity contribution >= 4 is 17.1 Å². The molecule has 4 nitrogen and oxygen atoms in total. The predicted octanol–water partition coefficient (Wildman–Crippen LogP) is -1.75. The van der Waals surface area contributed by atoms with Crippen LogP contribution >= 0.6 is 0 Å². The molecule has 10 heavy (non-hydrogen) atoms. The summed E-state index contributed by atoms with van der Waals surface area (Å²) in [6.07, 6.45) is 2.75. The smallest absolute Gasteiger partial charge is 0.424 e. The molecule has 0 saturated carbocycles. The molecule has 1 saturated heterocycles. The maximum Gasteiger partial charge on any atom is 0.631 e. The normalized spacial score (nSPS) is 19.5. The topological polar surface area (TPSA) is 69.9 Å². The van der Waals surface area contributed by atoms with E-state index in [-0.39, 0.29) is 9.76 Å². The average molecular weight is 164 g/mol. The zero-order valence-electron chi connectivity index (χ0n) is 5.86. The van der Waals surface area contributed by atoms with Crippen LogP contribution in [-0.4, -0.2) is 38.8 Å². The quantitative estimate of drug-likeness (QED) is 0.371. The summed E-state index contributed by atoms with van der Waals surface area (Å²) in [7, 11) is -2.16. The van der Waals surface area contributed by atoms with Crippen molar-refractivity contribution in [2.24, 2.45) is 0 Å². The lowest BCUT2D eigenvalue weighted by Gasteiger charge is -2.07. The van der Waals surface area contributed by atoms with Gasteiger partial charge in [-0.05, 0) is 12.5 Å². The molecule has 3 N–H and O–H groups in total. The van der Waals surface area contributed by atoms with Gasteiger partial charge in [0.15, 0.2) is 9.76 Å². The fourth-order valence-corrected chi connectivity index (χ4v) is 1.86. The second-order valence-electron chi connectivity index (χ2n) is 2.02. The van der Waals surface area contributed by atoms with E-state index in [1.165, 1.54) is 18.9 Å². The van der Waals surface area contributed by atoms with E-state index in [9.17, 15) is 0 Å². The summed E-state index contributed by atoms with van der Waals surface area (Å²) < 4.78 is 5.21. The molecule has 6 heteroatoms. The fourth-order valence-electron chi connectivity index (χ4n) is 0.687. The van der Waals surface area contributed by atoms with E-state index < -0.39 is 7.32 Å². The molecule has 0 amide bonds. The van der Waals surface area contributed by atoms with Crippen LogP contribution in [0.1, 0.15) is 12.8 Å². The number of hydrogen-bond donors (Lipinski definition) is 3. The summed E-state index contributed by atoms with van der Waals surface area (Å²) in [5, 5.41) is 21.5. The first-order chi connectivity index (χ1) is 4.73. The Bertz CT molecular complexity index is 54.0. The molecule has 0 unspecified atom stereocenters. The lowest BCUT2D eigenvalue weighted by atomic mass is 10.3. The molecule has 0 spiro atoms. The minimum absolute atomic E-state index is 0.00849. The van der Waals surface area contributed by atoms with Crippen molar-refractivity contribution in [3.63, 3.8) is 0 Å². The van der Waals surface area contributed by atoms with Crippen LogP contribution in [-0.2, 0) is 4.43 Å². The van der Waals surface area contributed by atoms with Crippen molar-refractivity contribution < 1.29 is 19.5 Å². The lowest BCUT2D eigenvalue weighted by molar-refractivity contribution is 0.278. The van der Waals surface area contributed by atoms with Gasteiger partial charge in [-0.2, -0.15) is 0 Å². The van der Waals surface area contributed by atoms with Gasteiger partial charge < -0.3 is 19.5 Å². The molecule has 0 aliphatic carbocycles. The molecule has 0 aromatic heterocycles. The van der Waals surface area contributed by atoms with Crippen molar-refractivity contribution in [2.45, 2.75) is 18.9 Å². The second kappa shape index (κ2) is 7.23. The summed E-state index contributed by atoms with van der Waals surface area (Å²) >= 11 is 0. The Morgan fingerprint density at radius 1 is 1.20 bits per heavy atom. The lowest BCUT2D eigenvalue weighted by Crippen LogP contribution is -2.07. The third kappa shape index (κ3) is 11.0. The van der Waals surface area contributed by atoms with Gasteiger partial charge in [-0.1, -0.05) is 6.42 Å². The largest absolute Gasteiger partial charge is 0.631 e. The van der Waals surface area contributed by atoms with Crippen LogP contribution in [0, 0.1) is 0 Å². The molecule has 0 atom stereocenters. The maximum atomic E-state index is 7.17. The highest BCUT2D eigenvalue weighted by molar-refractivity contribution is 6.30. The molecule has 0 aromatic rings. The summed E-state index contributed by atoms with van der Waals surface area (Å²) in [5.41, 5.74) is 0. The van der Waals surface area contributed by atoms with Gasteiger partial charge in [0.25, 0.3) is 0 Å². The molecular formula is C4H13BO4Si. The zero-order valence-corrected chi connectivity index (χ0v) is 7.28. The third-order valence-corrected chi connectivity index (χ3v) is 2.44. The van der Waals surface area contributed by atoms with Gasteiger partial charge in [0.05, 0.1) is 0 Å². The average Bonchev–Trinajstić information content (AvgIpc) is 1.90. The highest BCUT2D eigenvalue weighted by Gasteiger charge is 1.96.